The van der Waals surface area contributed by atoms with Crippen LogP contribution in [0.25, 0.3) is 0 Å². The molecule has 0 aromatic heterocycles. The van der Waals surface area contributed by atoms with E-state index in [1.807, 2.05) is 0 Å². The second-order valence-corrected chi connectivity index (χ2v) is 5.50. The highest BCUT2D eigenvalue weighted by molar-refractivity contribution is 9.10. The van der Waals surface area contributed by atoms with Gasteiger partial charge in [-0.3, -0.25) is 4.90 Å². The highest BCUT2D eigenvalue weighted by atomic mass is 79.9. The largest absolute Gasteiger partial charge is 0.314 e. The molecule has 1 aliphatic heterocycles. The first-order valence-corrected chi connectivity index (χ1v) is 6.87. The fraction of sp³-hybridized carbons (Fsp3) is 0.538. The molecular weight excluding hydrogens is 264 g/mol. The van der Waals surface area contributed by atoms with Crippen molar-refractivity contribution >= 4 is 15.9 Å². The summed E-state index contributed by atoms with van der Waals surface area (Å²) in [6.07, 6.45) is 2.52. The molecule has 0 saturated carbocycles. The van der Waals surface area contributed by atoms with Gasteiger partial charge in [-0.2, -0.15) is 0 Å². The molecule has 0 spiro atoms. The van der Waals surface area contributed by atoms with Crippen LogP contribution in [-0.2, 0) is 6.42 Å². The summed E-state index contributed by atoms with van der Waals surface area (Å²) in [6.45, 7) is 4.66. The van der Waals surface area contributed by atoms with E-state index < -0.39 is 0 Å². The molecule has 1 saturated heterocycles. The van der Waals surface area contributed by atoms with Gasteiger partial charge in [-0.25, -0.2) is 0 Å². The monoisotopic (exact) mass is 280 g/mol. The van der Waals surface area contributed by atoms with E-state index in [1.54, 1.807) is 5.56 Å². The summed E-state index contributed by atoms with van der Waals surface area (Å²) in [5.74, 6) is 0. The van der Waals surface area contributed by atoms with Gasteiger partial charge in [0.15, 0.2) is 0 Å². The highest BCUT2D eigenvalue weighted by Gasteiger charge is 2.29. The van der Waals surface area contributed by atoms with E-state index in [4.69, 9.17) is 0 Å². The number of hydrogen-bond donors (Lipinski definition) is 1. The Morgan fingerprint density at radius 1 is 1.25 bits per heavy atom. The molecule has 0 amide bonds. The second kappa shape index (κ2) is 4.47. The van der Waals surface area contributed by atoms with Crippen molar-refractivity contribution in [3.8, 4) is 0 Å². The van der Waals surface area contributed by atoms with Gasteiger partial charge in [0.25, 0.3) is 0 Å². The standard InChI is InChI=1S/C13H17BrN2/c14-12-3-1-2-11-10(12)4-5-13(11)16-8-6-15-7-9-16/h1-3,13,15H,4-9H2. The molecule has 16 heavy (non-hydrogen) atoms. The molecule has 1 heterocycles. The number of fused-ring (bicyclic) bond motifs is 1. The molecule has 3 rings (SSSR count). The zero-order valence-corrected chi connectivity index (χ0v) is 11.0. The maximum absolute atomic E-state index is 3.67. The van der Waals surface area contributed by atoms with Crippen molar-refractivity contribution in [1.29, 1.82) is 0 Å². The summed E-state index contributed by atoms with van der Waals surface area (Å²) in [7, 11) is 0. The number of nitrogens with one attached hydrogen (secondary N) is 1. The van der Waals surface area contributed by atoms with Gasteiger partial charge in [0.05, 0.1) is 0 Å². The molecular formula is C13H17BrN2. The number of piperazine rings is 1. The fourth-order valence-electron chi connectivity index (χ4n) is 2.96. The van der Waals surface area contributed by atoms with Crippen molar-refractivity contribution in [2.24, 2.45) is 0 Å². The lowest BCUT2D eigenvalue weighted by molar-refractivity contribution is 0.173. The van der Waals surface area contributed by atoms with Crippen LogP contribution in [0.3, 0.4) is 0 Å². The predicted octanol–water partition coefficient (Wildman–Crippen LogP) is 2.34. The molecule has 3 heteroatoms. The van der Waals surface area contributed by atoms with E-state index in [0.717, 1.165) is 13.1 Å². The van der Waals surface area contributed by atoms with E-state index >= 15 is 0 Å². The minimum atomic E-state index is 0.662. The summed E-state index contributed by atoms with van der Waals surface area (Å²) >= 11 is 3.67. The average molecular weight is 281 g/mol. The third-order valence-electron chi connectivity index (χ3n) is 3.77. The molecule has 1 aromatic rings. The summed E-state index contributed by atoms with van der Waals surface area (Å²) < 4.78 is 1.29. The topological polar surface area (TPSA) is 15.3 Å². The normalized spacial score (nSPS) is 25.7. The minimum absolute atomic E-state index is 0.662. The van der Waals surface area contributed by atoms with Crippen LogP contribution in [0, 0.1) is 0 Å². The number of halogens is 1. The number of rotatable bonds is 1. The fourth-order valence-corrected chi connectivity index (χ4v) is 3.54. The first-order chi connectivity index (χ1) is 7.86. The average Bonchev–Trinajstić information content (AvgIpc) is 2.75. The molecule has 0 bridgehead atoms. The first-order valence-electron chi connectivity index (χ1n) is 6.08. The summed E-state index contributed by atoms with van der Waals surface area (Å²) in [4.78, 5) is 2.63. The Morgan fingerprint density at radius 3 is 2.88 bits per heavy atom. The lowest BCUT2D eigenvalue weighted by atomic mass is 10.1. The van der Waals surface area contributed by atoms with Crippen molar-refractivity contribution < 1.29 is 0 Å². The molecule has 1 N–H and O–H groups in total. The van der Waals surface area contributed by atoms with Crippen LogP contribution in [0.4, 0.5) is 0 Å². The summed E-state index contributed by atoms with van der Waals surface area (Å²) in [5.41, 5.74) is 3.09. The van der Waals surface area contributed by atoms with E-state index in [9.17, 15) is 0 Å². The van der Waals surface area contributed by atoms with Crippen molar-refractivity contribution in [3.63, 3.8) is 0 Å². The number of benzene rings is 1. The van der Waals surface area contributed by atoms with Crippen LogP contribution in [-0.4, -0.2) is 31.1 Å². The predicted molar refractivity (Wildman–Crippen MR) is 69.6 cm³/mol. The van der Waals surface area contributed by atoms with Crippen LogP contribution >= 0.6 is 15.9 Å². The van der Waals surface area contributed by atoms with Gasteiger partial charge in [-0.1, -0.05) is 28.1 Å². The van der Waals surface area contributed by atoms with Crippen LogP contribution < -0.4 is 5.32 Å². The number of hydrogen-bond acceptors (Lipinski definition) is 2. The zero-order valence-electron chi connectivity index (χ0n) is 9.38. The summed E-state index contributed by atoms with van der Waals surface area (Å²) in [6, 6.07) is 7.30. The maximum Gasteiger partial charge on any atom is 0.0355 e. The molecule has 86 valence electrons. The Hall–Kier alpha value is -0.380. The van der Waals surface area contributed by atoms with Gasteiger partial charge in [-0.15, -0.1) is 0 Å². The molecule has 0 radical (unpaired) electrons. The second-order valence-electron chi connectivity index (χ2n) is 4.65. The van der Waals surface area contributed by atoms with Gasteiger partial charge in [-0.05, 0) is 30.0 Å². The van der Waals surface area contributed by atoms with Gasteiger partial charge in [0.2, 0.25) is 0 Å². The Kier molecular flexibility index (Phi) is 3.01. The molecule has 1 aromatic carbocycles. The van der Waals surface area contributed by atoms with Crippen molar-refractivity contribution in [3.05, 3.63) is 33.8 Å². The third-order valence-corrected chi connectivity index (χ3v) is 4.52. The molecule has 1 fully saturated rings. The maximum atomic E-state index is 3.67. The third kappa shape index (κ3) is 1.81. The van der Waals surface area contributed by atoms with Crippen LogP contribution in [0.2, 0.25) is 0 Å². The highest BCUT2D eigenvalue weighted by Crippen LogP contribution is 2.39. The zero-order chi connectivity index (χ0) is 11.0. The van der Waals surface area contributed by atoms with Crippen molar-refractivity contribution in [1.82, 2.24) is 10.2 Å². The van der Waals surface area contributed by atoms with Crippen LogP contribution in [0.1, 0.15) is 23.6 Å². The minimum Gasteiger partial charge on any atom is -0.314 e. The first kappa shape index (κ1) is 10.8. The quantitative estimate of drug-likeness (QED) is 0.850. The van der Waals surface area contributed by atoms with E-state index in [1.165, 1.54) is 36.0 Å². The van der Waals surface area contributed by atoms with Gasteiger partial charge in [0.1, 0.15) is 0 Å². The van der Waals surface area contributed by atoms with E-state index in [-0.39, 0.29) is 0 Å². The smallest absolute Gasteiger partial charge is 0.0355 e. The van der Waals surface area contributed by atoms with Crippen LogP contribution in [0.5, 0.6) is 0 Å². The molecule has 1 atom stereocenters. The lowest BCUT2D eigenvalue weighted by Crippen LogP contribution is -2.44. The Morgan fingerprint density at radius 2 is 2.06 bits per heavy atom. The Balaban J connectivity index is 1.87. The summed E-state index contributed by atoms with van der Waals surface area (Å²) in [5, 5.41) is 3.42. The van der Waals surface area contributed by atoms with Crippen molar-refractivity contribution in [2.45, 2.75) is 18.9 Å². The van der Waals surface area contributed by atoms with Gasteiger partial charge in [0, 0.05) is 36.7 Å². The SMILES string of the molecule is Brc1cccc2c1CCC2N1CCNCC1. The van der Waals surface area contributed by atoms with Crippen LogP contribution in [0.15, 0.2) is 22.7 Å². The van der Waals surface area contributed by atoms with E-state index in [0.29, 0.717) is 6.04 Å². The molecule has 1 unspecified atom stereocenters. The lowest BCUT2D eigenvalue weighted by Gasteiger charge is -2.33. The number of nitrogens with zero attached hydrogens (tertiary/aromatic N) is 1. The molecule has 2 aliphatic rings. The molecule has 1 aliphatic carbocycles. The Labute approximate surface area is 105 Å². The van der Waals surface area contributed by atoms with Gasteiger partial charge < -0.3 is 5.32 Å². The van der Waals surface area contributed by atoms with E-state index in [2.05, 4.69) is 44.3 Å². The van der Waals surface area contributed by atoms with Crippen molar-refractivity contribution in [2.75, 3.05) is 26.2 Å². The molecule has 2 nitrogen and oxygen atoms in total. The van der Waals surface area contributed by atoms with Gasteiger partial charge >= 0.3 is 0 Å². The Bertz CT molecular complexity index is 386.